The van der Waals surface area contributed by atoms with Gasteiger partial charge in [0.15, 0.2) is 0 Å². The summed E-state index contributed by atoms with van der Waals surface area (Å²) in [5, 5.41) is 0. The second-order valence-electron chi connectivity index (χ2n) is 1.73. The smallest absolute Gasteiger partial charge is 0.305 e. The summed E-state index contributed by atoms with van der Waals surface area (Å²) >= 11 is 0. The molecule has 0 aromatic heterocycles. The third-order valence-corrected chi connectivity index (χ3v) is 0.803. The Hall–Kier alpha value is -0.486. The molecule has 0 unspecified atom stereocenters. The molecule has 0 aliphatic heterocycles. The van der Waals surface area contributed by atoms with Gasteiger partial charge in [0.05, 0.1) is 7.11 Å². The zero-order chi connectivity index (χ0) is 12.5. The molecule has 0 rings (SSSR count). The first-order chi connectivity index (χ1) is 7.14. The molecule has 101 valence electrons. The molecule has 0 fully saturated rings. The number of ether oxygens (including phenoxy) is 3. The van der Waals surface area contributed by atoms with Gasteiger partial charge in [-0.1, -0.05) is 27.3 Å². The molecule has 0 amide bonds. The van der Waals surface area contributed by atoms with Crippen molar-refractivity contribution in [2.24, 2.45) is 0 Å². The van der Waals surface area contributed by atoms with Gasteiger partial charge in [-0.3, -0.25) is 4.79 Å². The standard InChI is InChI=1S/C4H8O2.C3H5O2.C2H3O2.CH4.Y/c1-3-4(5)6-2;1-2-5-3-4;1-4-2-3;;/h3H2,1-2H3;2H2,1H3;1H3;1H4;/q;2*-1;;. The van der Waals surface area contributed by atoms with Crippen molar-refractivity contribution < 1.29 is 61.3 Å². The zero-order valence-electron chi connectivity index (χ0n) is 9.94. The number of carbonyl (C=O) groups is 1. The molecule has 6 nitrogen and oxygen atoms in total. The Morgan fingerprint density at radius 1 is 1.12 bits per heavy atom. The zero-order valence-corrected chi connectivity index (χ0v) is 12.8. The second kappa shape index (κ2) is 36.1. The van der Waals surface area contributed by atoms with E-state index in [4.69, 9.17) is 9.59 Å². The van der Waals surface area contributed by atoms with E-state index in [9.17, 15) is 4.79 Å². The molecule has 0 aliphatic rings. The van der Waals surface area contributed by atoms with Crippen LogP contribution < -0.4 is 0 Å². The summed E-state index contributed by atoms with van der Waals surface area (Å²) in [6.45, 7) is 6.35. The van der Waals surface area contributed by atoms with E-state index in [1.807, 2.05) is 0 Å². The van der Waals surface area contributed by atoms with Gasteiger partial charge in [0.1, 0.15) is 0 Å². The van der Waals surface area contributed by atoms with Crippen molar-refractivity contribution in [3.05, 3.63) is 0 Å². The Balaban J connectivity index is -0.0000000407. The number of rotatable bonds is 4. The molecular weight excluding hydrogens is 305 g/mol. The van der Waals surface area contributed by atoms with Gasteiger partial charge in [-0.05, 0) is 6.92 Å². The third-order valence-electron chi connectivity index (χ3n) is 0.803. The minimum atomic E-state index is -0.157. The van der Waals surface area contributed by atoms with E-state index in [1.54, 1.807) is 13.8 Å². The van der Waals surface area contributed by atoms with Crippen LogP contribution in [0.2, 0.25) is 0 Å². The van der Waals surface area contributed by atoms with E-state index in [0.29, 0.717) is 13.0 Å². The largest absolute Gasteiger partial charge is 0.655 e. The van der Waals surface area contributed by atoms with Gasteiger partial charge in [-0.15, -0.1) is 0 Å². The maximum Gasteiger partial charge on any atom is 0.305 e. The summed E-state index contributed by atoms with van der Waals surface area (Å²) in [6.07, 6.45) is 0.469. The molecule has 0 aromatic carbocycles. The van der Waals surface area contributed by atoms with Crippen LogP contribution in [0.4, 0.5) is 0 Å². The number of hydrogen-bond donors (Lipinski definition) is 0. The molecule has 17 heavy (non-hydrogen) atoms. The first-order valence-corrected chi connectivity index (χ1v) is 4.10. The maximum absolute atomic E-state index is 9.96. The molecule has 0 spiro atoms. The van der Waals surface area contributed by atoms with Crippen LogP contribution in [0, 0.1) is 0 Å². The summed E-state index contributed by atoms with van der Waals surface area (Å²) < 4.78 is 12.0. The summed E-state index contributed by atoms with van der Waals surface area (Å²) in [4.78, 5) is 27.8. The van der Waals surface area contributed by atoms with E-state index in [-0.39, 0.29) is 46.1 Å². The molecule has 0 N–H and O–H groups in total. The maximum atomic E-state index is 9.96. The van der Waals surface area contributed by atoms with Gasteiger partial charge in [0, 0.05) is 52.8 Å². The van der Waals surface area contributed by atoms with Crippen molar-refractivity contribution in [2.45, 2.75) is 27.7 Å². The molecular formula is C10H20O6Y-2. The fourth-order valence-electron chi connectivity index (χ4n) is 0.203. The number of carbonyl (C=O) groups excluding carboxylic acids is 3. The predicted molar refractivity (Wildman–Crippen MR) is 59.1 cm³/mol. The molecule has 0 heterocycles. The molecule has 0 atom stereocenters. The van der Waals surface area contributed by atoms with Crippen molar-refractivity contribution in [2.75, 3.05) is 20.8 Å². The molecule has 1 radical (unpaired) electrons. The van der Waals surface area contributed by atoms with E-state index in [1.165, 1.54) is 27.2 Å². The first-order valence-electron chi connectivity index (χ1n) is 4.10. The van der Waals surface area contributed by atoms with Crippen LogP contribution in [0.1, 0.15) is 27.7 Å². The minimum absolute atomic E-state index is 0. The summed E-state index contributed by atoms with van der Waals surface area (Å²) in [6, 6.07) is 0. The fourth-order valence-corrected chi connectivity index (χ4v) is 0.203. The normalized spacial score (nSPS) is 5.88. The summed E-state index contributed by atoms with van der Waals surface area (Å²) in [7, 11) is 2.64. The Bertz CT molecular complexity index is 146. The molecule has 0 bridgehead atoms. The van der Waals surface area contributed by atoms with Gasteiger partial charge < -0.3 is 23.8 Å². The Morgan fingerprint density at radius 3 is 1.53 bits per heavy atom. The van der Waals surface area contributed by atoms with Crippen LogP contribution in [0.25, 0.3) is 0 Å². The summed E-state index contributed by atoms with van der Waals surface area (Å²) in [5.41, 5.74) is 0. The monoisotopic (exact) mass is 325 g/mol. The Kier molecular flexibility index (Phi) is 63.7. The first kappa shape index (κ1) is 30.0. The Morgan fingerprint density at radius 2 is 1.53 bits per heavy atom. The topological polar surface area (TPSA) is 78.9 Å². The quantitative estimate of drug-likeness (QED) is 0.436. The molecule has 0 aromatic rings. The predicted octanol–water partition coefficient (Wildman–Crippen LogP) is 0.993. The number of methoxy groups -OCH3 is 2. The molecule has 7 heteroatoms. The molecule has 0 saturated heterocycles. The van der Waals surface area contributed by atoms with Gasteiger partial charge in [-0.2, -0.15) is 0 Å². The van der Waals surface area contributed by atoms with Crippen LogP contribution in [-0.4, -0.2) is 39.7 Å². The Labute approximate surface area is 128 Å². The minimum Gasteiger partial charge on any atom is -0.655 e. The molecule has 0 saturated carbocycles. The number of esters is 1. The van der Waals surface area contributed by atoms with Crippen molar-refractivity contribution >= 4 is 18.9 Å². The van der Waals surface area contributed by atoms with E-state index in [2.05, 4.69) is 14.2 Å². The fraction of sp³-hybridized carbons (Fsp3) is 0.700. The van der Waals surface area contributed by atoms with E-state index in [0.717, 1.165) is 0 Å². The van der Waals surface area contributed by atoms with Crippen molar-refractivity contribution in [3.8, 4) is 0 Å². The second-order valence-corrected chi connectivity index (χ2v) is 1.73. The average molecular weight is 325 g/mol. The van der Waals surface area contributed by atoms with Gasteiger partial charge in [0.25, 0.3) is 0 Å². The van der Waals surface area contributed by atoms with Crippen molar-refractivity contribution in [3.63, 3.8) is 0 Å². The SMILES string of the molecule is C.CCC(=O)OC.CCO[C-]=O.CO[C-]=O.[Y]. The molecule has 0 aliphatic carbocycles. The van der Waals surface area contributed by atoms with Gasteiger partial charge in [-0.25, -0.2) is 0 Å². The van der Waals surface area contributed by atoms with Crippen LogP contribution >= 0.6 is 0 Å². The van der Waals surface area contributed by atoms with Gasteiger partial charge in [0.2, 0.25) is 0 Å². The van der Waals surface area contributed by atoms with Crippen LogP contribution in [-0.2, 0) is 61.3 Å². The van der Waals surface area contributed by atoms with Crippen molar-refractivity contribution in [1.82, 2.24) is 0 Å². The summed E-state index contributed by atoms with van der Waals surface area (Å²) in [5.74, 6) is -0.157. The van der Waals surface area contributed by atoms with Crippen molar-refractivity contribution in [1.29, 1.82) is 0 Å². The van der Waals surface area contributed by atoms with Crippen LogP contribution in [0.15, 0.2) is 0 Å². The average Bonchev–Trinajstić information content (AvgIpc) is 2.30. The van der Waals surface area contributed by atoms with E-state index < -0.39 is 0 Å². The number of hydrogen-bond acceptors (Lipinski definition) is 6. The van der Waals surface area contributed by atoms with Crippen LogP contribution in [0.3, 0.4) is 0 Å². The third kappa shape index (κ3) is 66.8. The van der Waals surface area contributed by atoms with Gasteiger partial charge >= 0.3 is 5.97 Å². The van der Waals surface area contributed by atoms with Crippen LogP contribution in [0.5, 0.6) is 0 Å². The van der Waals surface area contributed by atoms with E-state index >= 15 is 0 Å².